The van der Waals surface area contributed by atoms with Gasteiger partial charge in [0.1, 0.15) is 11.6 Å². The van der Waals surface area contributed by atoms with Gasteiger partial charge in [0, 0.05) is 12.1 Å². The molecule has 0 radical (unpaired) electrons. The molecular weight excluding hydrogens is 271 g/mol. The van der Waals surface area contributed by atoms with Crippen molar-refractivity contribution in [2.45, 2.75) is 12.3 Å². The van der Waals surface area contributed by atoms with Gasteiger partial charge in [-0.3, -0.25) is 5.10 Å². The van der Waals surface area contributed by atoms with Crippen LogP contribution in [0.3, 0.4) is 0 Å². The second-order valence-electron chi connectivity index (χ2n) is 4.02. The number of rotatable bonds is 5. The van der Waals surface area contributed by atoms with Gasteiger partial charge in [-0.15, -0.1) is 0 Å². The van der Waals surface area contributed by atoms with Crippen LogP contribution in [0.1, 0.15) is 11.1 Å². The van der Waals surface area contributed by atoms with Gasteiger partial charge in [-0.25, -0.2) is 17.5 Å². The van der Waals surface area contributed by atoms with Crippen LogP contribution in [-0.2, 0) is 22.3 Å². The Bertz CT molecular complexity index is 652. The van der Waals surface area contributed by atoms with Crippen LogP contribution in [0, 0.1) is 5.82 Å². The van der Waals surface area contributed by atoms with Crippen LogP contribution in [-0.4, -0.2) is 18.6 Å². The molecule has 1 aromatic carbocycles. The van der Waals surface area contributed by atoms with Crippen LogP contribution in [0.5, 0.6) is 0 Å². The van der Waals surface area contributed by atoms with Crippen LogP contribution in [0.2, 0.25) is 0 Å². The van der Waals surface area contributed by atoms with Gasteiger partial charge in [0.15, 0.2) is 0 Å². The average molecular weight is 284 g/mol. The summed E-state index contributed by atoms with van der Waals surface area (Å²) in [5.41, 5.74) is 6.62. The van der Waals surface area contributed by atoms with Crippen molar-refractivity contribution in [3.05, 3.63) is 47.4 Å². The number of H-pyrrole nitrogens is 1. The van der Waals surface area contributed by atoms with Gasteiger partial charge >= 0.3 is 0 Å². The summed E-state index contributed by atoms with van der Waals surface area (Å²) >= 11 is 0. The highest BCUT2D eigenvalue weighted by atomic mass is 32.2. The lowest BCUT2D eigenvalue weighted by molar-refractivity contribution is 0.580. The van der Waals surface area contributed by atoms with Crippen molar-refractivity contribution in [3.8, 4) is 0 Å². The molecule has 0 unspecified atom stereocenters. The van der Waals surface area contributed by atoms with E-state index in [2.05, 4.69) is 14.9 Å². The van der Waals surface area contributed by atoms with Crippen LogP contribution >= 0.6 is 0 Å². The molecule has 102 valence electrons. The molecule has 0 amide bonds. The number of anilines is 1. The van der Waals surface area contributed by atoms with Gasteiger partial charge in [0.2, 0.25) is 10.0 Å². The lowest BCUT2D eigenvalue weighted by Gasteiger charge is -2.06. The van der Waals surface area contributed by atoms with Gasteiger partial charge in [-0.2, -0.15) is 5.10 Å². The Balaban J connectivity index is 1.99. The van der Waals surface area contributed by atoms with E-state index >= 15 is 0 Å². The van der Waals surface area contributed by atoms with Crippen molar-refractivity contribution >= 4 is 15.8 Å². The van der Waals surface area contributed by atoms with E-state index in [-0.39, 0.29) is 12.3 Å². The van der Waals surface area contributed by atoms with E-state index in [9.17, 15) is 12.8 Å². The first-order chi connectivity index (χ1) is 8.96. The first-order valence-electron chi connectivity index (χ1n) is 5.46. The van der Waals surface area contributed by atoms with E-state index in [0.29, 0.717) is 16.9 Å². The smallest absolute Gasteiger partial charge is 0.216 e. The van der Waals surface area contributed by atoms with Crippen LogP contribution < -0.4 is 10.5 Å². The molecule has 0 fully saturated rings. The largest absolute Gasteiger partial charge is 0.384 e. The minimum absolute atomic E-state index is 0.0614. The summed E-state index contributed by atoms with van der Waals surface area (Å²) in [5.74, 6) is -0.296. The molecule has 0 saturated carbocycles. The van der Waals surface area contributed by atoms with E-state index in [0.717, 1.165) is 0 Å². The topological polar surface area (TPSA) is 101 Å². The molecule has 0 saturated heterocycles. The summed E-state index contributed by atoms with van der Waals surface area (Å²) < 4.78 is 38.7. The molecule has 0 aliphatic carbocycles. The summed E-state index contributed by atoms with van der Waals surface area (Å²) in [7, 11) is -3.51. The third-order valence-corrected chi connectivity index (χ3v) is 3.80. The molecule has 19 heavy (non-hydrogen) atoms. The van der Waals surface area contributed by atoms with E-state index in [4.69, 9.17) is 5.73 Å². The fourth-order valence-corrected chi connectivity index (χ4v) is 2.61. The fourth-order valence-electron chi connectivity index (χ4n) is 1.50. The molecule has 0 bridgehead atoms. The number of hydrogen-bond donors (Lipinski definition) is 3. The zero-order chi connectivity index (χ0) is 13.9. The summed E-state index contributed by atoms with van der Waals surface area (Å²) in [6.07, 6.45) is 1.45. The Kier molecular flexibility index (Phi) is 3.82. The monoisotopic (exact) mass is 284 g/mol. The SMILES string of the molecule is Nc1[nH]ncc1CNS(=O)(=O)Cc1ccc(F)cc1. The fraction of sp³-hybridized carbons (Fsp3) is 0.182. The molecule has 0 atom stereocenters. The second kappa shape index (κ2) is 5.37. The van der Waals surface area contributed by atoms with E-state index < -0.39 is 15.8 Å². The van der Waals surface area contributed by atoms with Crippen molar-refractivity contribution in [2.75, 3.05) is 5.73 Å². The van der Waals surface area contributed by atoms with Gasteiger partial charge in [0.25, 0.3) is 0 Å². The van der Waals surface area contributed by atoms with E-state index in [1.54, 1.807) is 0 Å². The molecule has 6 nitrogen and oxygen atoms in total. The Morgan fingerprint density at radius 3 is 2.58 bits per heavy atom. The Morgan fingerprint density at radius 2 is 2.00 bits per heavy atom. The second-order valence-corrected chi connectivity index (χ2v) is 5.82. The highest BCUT2D eigenvalue weighted by molar-refractivity contribution is 7.88. The number of nitrogens with one attached hydrogen (secondary N) is 2. The minimum atomic E-state index is -3.51. The molecule has 2 aromatic rings. The maximum atomic E-state index is 12.7. The van der Waals surface area contributed by atoms with Gasteiger partial charge in [0.05, 0.1) is 11.9 Å². The first kappa shape index (κ1) is 13.5. The summed E-state index contributed by atoms with van der Waals surface area (Å²) in [4.78, 5) is 0. The molecule has 2 rings (SSSR count). The predicted molar refractivity (Wildman–Crippen MR) is 68.9 cm³/mol. The van der Waals surface area contributed by atoms with Crippen molar-refractivity contribution in [3.63, 3.8) is 0 Å². The van der Waals surface area contributed by atoms with Crippen molar-refractivity contribution in [2.24, 2.45) is 0 Å². The van der Waals surface area contributed by atoms with Crippen molar-refractivity contribution in [1.82, 2.24) is 14.9 Å². The van der Waals surface area contributed by atoms with Gasteiger partial charge < -0.3 is 5.73 Å². The lowest BCUT2D eigenvalue weighted by atomic mass is 10.2. The maximum Gasteiger partial charge on any atom is 0.216 e. The van der Waals surface area contributed by atoms with Gasteiger partial charge in [-0.1, -0.05) is 12.1 Å². The van der Waals surface area contributed by atoms with E-state index in [1.165, 1.54) is 30.5 Å². The number of nitrogens with zero attached hydrogens (tertiary/aromatic N) is 1. The molecule has 0 spiro atoms. The Morgan fingerprint density at radius 1 is 1.32 bits per heavy atom. The van der Waals surface area contributed by atoms with Crippen LogP contribution in [0.25, 0.3) is 0 Å². The number of hydrogen-bond acceptors (Lipinski definition) is 4. The number of aromatic amines is 1. The van der Waals surface area contributed by atoms with E-state index in [1.807, 2.05) is 0 Å². The number of benzene rings is 1. The lowest BCUT2D eigenvalue weighted by Crippen LogP contribution is -2.24. The quantitative estimate of drug-likeness (QED) is 0.754. The number of halogens is 1. The molecule has 4 N–H and O–H groups in total. The third kappa shape index (κ3) is 3.76. The van der Waals surface area contributed by atoms with Crippen LogP contribution in [0.15, 0.2) is 30.5 Å². The molecule has 1 aromatic heterocycles. The van der Waals surface area contributed by atoms with Crippen molar-refractivity contribution in [1.29, 1.82) is 0 Å². The standard InChI is InChI=1S/C11H13FN4O2S/c12-10-3-1-8(2-4-10)7-19(17,18)15-6-9-5-14-16-11(9)13/h1-5,15H,6-7H2,(H3,13,14,16). The first-order valence-corrected chi connectivity index (χ1v) is 7.11. The summed E-state index contributed by atoms with van der Waals surface area (Å²) in [6.45, 7) is 0.0614. The van der Waals surface area contributed by atoms with Gasteiger partial charge in [-0.05, 0) is 17.7 Å². The Labute approximate surface area is 109 Å². The number of nitrogens with two attached hydrogens (primary N) is 1. The predicted octanol–water partition coefficient (Wildman–Crippen LogP) is 0.751. The number of sulfonamides is 1. The maximum absolute atomic E-state index is 12.7. The Hall–Kier alpha value is -1.93. The molecule has 0 aliphatic heterocycles. The summed E-state index contributed by atoms with van der Waals surface area (Å²) in [6, 6.07) is 5.30. The number of nitrogen functional groups attached to an aromatic ring is 1. The molecule has 1 heterocycles. The zero-order valence-corrected chi connectivity index (χ0v) is 10.7. The molecule has 0 aliphatic rings. The normalized spacial score (nSPS) is 11.6. The molecule has 8 heteroatoms. The molecular formula is C11H13FN4O2S. The number of aromatic nitrogens is 2. The highest BCUT2D eigenvalue weighted by Gasteiger charge is 2.12. The average Bonchev–Trinajstić information content (AvgIpc) is 2.75. The zero-order valence-electron chi connectivity index (χ0n) is 9.93. The minimum Gasteiger partial charge on any atom is -0.384 e. The summed E-state index contributed by atoms with van der Waals surface area (Å²) in [5, 5.41) is 6.20. The third-order valence-electron chi connectivity index (χ3n) is 2.50. The van der Waals surface area contributed by atoms with Crippen molar-refractivity contribution < 1.29 is 12.8 Å². The van der Waals surface area contributed by atoms with Crippen LogP contribution in [0.4, 0.5) is 10.2 Å². The highest BCUT2D eigenvalue weighted by Crippen LogP contribution is 2.09.